The van der Waals surface area contributed by atoms with Crippen molar-refractivity contribution in [3.8, 4) is 17.2 Å². The number of sulfonamides is 1. The molecule has 1 atom stereocenters. The van der Waals surface area contributed by atoms with Gasteiger partial charge in [-0.05, 0) is 97.1 Å². The summed E-state index contributed by atoms with van der Waals surface area (Å²) in [6.45, 7) is 7.64. The molecule has 214 valence electrons. The molecular formula is C33H36N2O5S. The molecule has 0 bridgehead atoms. The average molecular weight is 573 g/mol. The maximum atomic E-state index is 13.7. The maximum Gasteiger partial charge on any atom is 0.264 e. The summed E-state index contributed by atoms with van der Waals surface area (Å²) >= 11 is 0. The minimum absolute atomic E-state index is 0.0954. The van der Waals surface area contributed by atoms with Crippen LogP contribution < -0.4 is 19.1 Å². The van der Waals surface area contributed by atoms with E-state index in [-0.39, 0.29) is 16.9 Å². The lowest BCUT2D eigenvalue weighted by Crippen LogP contribution is -2.41. The molecule has 4 aromatic rings. The second-order valence-corrected chi connectivity index (χ2v) is 12.0. The van der Waals surface area contributed by atoms with Crippen molar-refractivity contribution in [2.45, 2.75) is 44.6 Å². The van der Waals surface area contributed by atoms with Crippen molar-refractivity contribution in [2.75, 3.05) is 18.0 Å². The summed E-state index contributed by atoms with van der Waals surface area (Å²) in [4.78, 5) is 13.5. The molecule has 0 aliphatic carbocycles. The summed E-state index contributed by atoms with van der Waals surface area (Å²) < 4.78 is 40.0. The number of ether oxygens (including phenoxy) is 2. The van der Waals surface area contributed by atoms with Gasteiger partial charge >= 0.3 is 0 Å². The van der Waals surface area contributed by atoms with Crippen LogP contribution in [0.15, 0.2) is 102 Å². The topological polar surface area (TPSA) is 84.9 Å². The molecule has 1 amide bonds. The molecule has 8 heteroatoms. The Morgan fingerprint density at radius 2 is 1.41 bits per heavy atom. The summed E-state index contributed by atoms with van der Waals surface area (Å²) in [5, 5.41) is 3.00. The first-order chi connectivity index (χ1) is 19.6. The standard InChI is InChI=1S/C33H36N2O5S/c1-23(2)30-21-31(24(3)20-32(30)39-5)25(4)34-33(36)22-35(41(37,38)29-14-10-7-11-15-29)26-16-18-28(19-17-26)40-27-12-8-6-9-13-27/h6-21,23,25H,22H2,1-5H3,(H,34,36). The van der Waals surface area contributed by atoms with E-state index in [2.05, 4.69) is 19.2 Å². The van der Waals surface area contributed by atoms with Crippen molar-refractivity contribution in [1.29, 1.82) is 0 Å². The summed E-state index contributed by atoms with van der Waals surface area (Å²) in [6, 6.07) is 27.7. The van der Waals surface area contributed by atoms with Gasteiger partial charge in [-0.25, -0.2) is 8.42 Å². The highest BCUT2D eigenvalue weighted by atomic mass is 32.2. The Balaban J connectivity index is 1.60. The number of para-hydroxylation sites is 1. The van der Waals surface area contributed by atoms with E-state index in [9.17, 15) is 13.2 Å². The number of nitrogens with zero attached hydrogens (tertiary/aromatic N) is 1. The zero-order chi connectivity index (χ0) is 29.6. The van der Waals surface area contributed by atoms with E-state index in [4.69, 9.17) is 9.47 Å². The van der Waals surface area contributed by atoms with Crippen LogP contribution in [-0.4, -0.2) is 28.0 Å². The van der Waals surface area contributed by atoms with Crippen LogP contribution in [-0.2, 0) is 14.8 Å². The van der Waals surface area contributed by atoms with Gasteiger partial charge in [0.2, 0.25) is 5.91 Å². The van der Waals surface area contributed by atoms with E-state index in [1.165, 1.54) is 12.1 Å². The van der Waals surface area contributed by atoms with Crippen molar-refractivity contribution in [1.82, 2.24) is 5.32 Å². The Labute approximate surface area is 242 Å². The van der Waals surface area contributed by atoms with Crippen LogP contribution in [0.2, 0.25) is 0 Å². The molecule has 0 spiro atoms. The van der Waals surface area contributed by atoms with E-state index < -0.39 is 22.5 Å². The third kappa shape index (κ3) is 7.08. The third-order valence-electron chi connectivity index (χ3n) is 6.81. The van der Waals surface area contributed by atoms with Crippen molar-refractivity contribution in [3.63, 3.8) is 0 Å². The molecule has 0 aromatic heterocycles. The Morgan fingerprint density at radius 1 is 0.829 bits per heavy atom. The average Bonchev–Trinajstić information content (AvgIpc) is 2.97. The normalized spacial score (nSPS) is 12.0. The van der Waals surface area contributed by atoms with Crippen molar-refractivity contribution >= 4 is 21.6 Å². The van der Waals surface area contributed by atoms with Crippen LogP contribution in [0.3, 0.4) is 0 Å². The number of hydrogen-bond acceptors (Lipinski definition) is 5. The van der Waals surface area contributed by atoms with Gasteiger partial charge in [-0.1, -0.05) is 50.2 Å². The van der Waals surface area contributed by atoms with Crippen LogP contribution in [0.5, 0.6) is 17.2 Å². The molecular weight excluding hydrogens is 536 g/mol. The summed E-state index contributed by atoms with van der Waals surface area (Å²) in [6.07, 6.45) is 0. The molecule has 41 heavy (non-hydrogen) atoms. The number of rotatable bonds is 11. The molecule has 0 aliphatic heterocycles. The van der Waals surface area contributed by atoms with Crippen molar-refractivity contribution < 1.29 is 22.7 Å². The highest BCUT2D eigenvalue weighted by Crippen LogP contribution is 2.32. The smallest absolute Gasteiger partial charge is 0.264 e. The fourth-order valence-corrected chi connectivity index (χ4v) is 6.09. The molecule has 0 saturated carbocycles. The predicted octanol–water partition coefficient (Wildman–Crippen LogP) is 6.99. The first-order valence-corrected chi connectivity index (χ1v) is 14.9. The number of hydrogen-bond donors (Lipinski definition) is 1. The number of nitrogens with one attached hydrogen (secondary N) is 1. The number of carbonyl (C=O) groups is 1. The van der Waals surface area contributed by atoms with Crippen LogP contribution in [0.25, 0.3) is 0 Å². The molecule has 0 heterocycles. The van der Waals surface area contributed by atoms with E-state index in [0.717, 1.165) is 26.7 Å². The molecule has 0 radical (unpaired) electrons. The quantitative estimate of drug-likeness (QED) is 0.209. The minimum Gasteiger partial charge on any atom is -0.496 e. The third-order valence-corrected chi connectivity index (χ3v) is 8.59. The second-order valence-electron chi connectivity index (χ2n) is 10.1. The van der Waals surface area contributed by atoms with Gasteiger partial charge in [0.15, 0.2) is 0 Å². The first kappa shape index (κ1) is 29.7. The molecule has 4 rings (SSSR count). The van der Waals surface area contributed by atoms with Crippen LogP contribution in [0, 0.1) is 6.92 Å². The zero-order valence-corrected chi connectivity index (χ0v) is 24.8. The number of carbonyl (C=O) groups excluding carboxylic acids is 1. The fourth-order valence-electron chi connectivity index (χ4n) is 4.65. The number of aryl methyl sites for hydroxylation is 1. The lowest BCUT2D eigenvalue weighted by Gasteiger charge is -2.26. The van der Waals surface area contributed by atoms with E-state index in [0.29, 0.717) is 17.2 Å². The van der Waals surface area contributed by atoms with Gasteiger partial charge in [0.05, 0.1) is 23.7 Å². The van der Waals surface area contributed by atoms with Gasteiger partial charge in [-0.15, -0.1) is 0 Å². The lowest BCUT2D eigenvalue weighted by molar-refractivity contribution is -0.120. The highest BCUT2D eigenvalue weighted by molar-refractivity contribution is 7.92. The van der Waals surface area contributed by atoms with Gasteiger partial charge in [-0.3, -0.25) is 9.10 Å². The molecule has 1 N–H and O–H groups in total. The maximum absolute atomic E-state index is 13.7. The minimum atomic E-state index is -4.04. The molecule has 1 unspecified atom stereocenters. The Morgan fingerprint density at radius 3 is 2.00 bits per heavy atom. The number of methoxy groups -OCH3 is 1. The molecule has 4 aromatic carbocycles. The highest BCUT2D eigenvalue weighted by Gasteiger charge is 2.28. The Hall–Kier alpha value is -4.30. The number of benzene rings is 4. The van der Waals surface area contributed by atoms with E-state index in [1.54, 1.807) is 49.6 Å². The molecule has 7 nitrogen and oxygen atoms in total. The van der Waals surface area contributed by atoms with Crippen molar-refractivity contribution in [3.05, 3.63) is 114 Å². The van der Waals surface area contributed by atoms with Crippen LogP contribution >= 0.6 is 0 Å². The van der Waals surface area contributed by atoms with Gasteiger partial charge in [0.1, 0.15) is 23.8 Å². The molecule has 0 fully saturated rings. The van der Waals surface area contributed by atoms with Gasteiger partial charge in [0.25, 0.3) is 10.0 Å². The lowest BCUT2D eigenvalue weighted by atomic mass is 9.93. The number of anilines is 1. The summed E-state index contributed by atoms with van der Waals surface area (Å²) in [7, 11) is -2.39. The van der Waals surface area contributed by atoms with Gasteiger partial charge in [-0.2, -0.15) is 0 Å². The van der Waals surface area contributed by atoms with Crippen LogP contribution in [0.4, 0.5) is 5.69 Å². The van der Waals surface area contributed by atoms with Gasteiger partial charge < -0.3 is 14.8 Å². The Bertz CT molecular complexity index is 1570. The van der Waals surface area contributed by atoms with Crippen molar-refractivity contribution in [2.24, 2.45) is 0 Å². The SMILES string of the molecule is COc1cc(C)c(C(C)NC(=O)CN(c2ccc(Oc3ccccc3)cc2)S(=O)(=O)c2ccccc2)cc1C(C)C. The van der Waals surface area contributed by atoms with E-state index >= 15 is 0 Å². The largest absolute Gasteiger partial charge is 0.496 e. The molecule has 0 aliphatic rings. The predicted molar refractivity (Wildman–Crippen MR) is 162 cm³/mol. The zero-order valence-electron chi connectivity index (χ0n) is 24.0. The fraction of sp³-hybridized carbons (Fsp3) is 0.242. The monoisotopic (exact) mass is 572 g/mol. The van der Waals surface area contributed by atoms with E-state index in [1.807, 2.05) is 56.3 Å². The summed E-state index contributed by atoms with van der Waals surface area (Å²) in [5.74, 6) is 1.82. The van der Waals surface area contributed by atoms with Crippen LogP contribution in [0.1, 0.15) is 49.4 Å². The summed E-state index contributed by atoms with van der Waals surface area (Å²) in [5.41, 5.74) is 3.31. The second kappa shape index (κ2) is 12.9. The Kier molecular flexibility index (Phi) is 9.35. The number of amides is 1. The van der Waals surface area contributed by atoms with Gasteiger partial charge in [0, 0.05) is 0 Å². The first-order valence-electron chi connectivity index (χ1n) is 13.5. The molecule has 0 saturated heterocycles.